The van der Waals surface area contributed by atoms with Gasteiger partial charge in [0.15, 0.2) is 49.8 Å². The van der Waals surface area contributed by atoms with Crippen LogP contribution in [0.4, 0.5) is 0 Å². The molecule has 10 aliphatic rings. The highest BCUT2D eigenvalue weighted by atomic mass is 16.7. The molecule has 9 N–H and O–H groups in total. The molecule has 4 bridgehead atoms. The Labute approximate surface area is 575 Å². The van der Waals surface area contributed by atoms with E-state index in [1.807, 2.05) is 0 Å². The number of rotatable bonds is 23. The Balaban J connectivity index is 0.861. The number of amides is 1. The first-order valence-electron chi connectivity index (χ1n) is 35.0. The fourth-order valence-electron chi connectivity index (χ4n) is 17.0. The number of carbonyl (C=O) groups is 4. The topological polar surface area (TPSA) is 393 Å². The normalized spacial score (nSPS) is 41.0. The average molecular weight is 1400 g/mol. The molecule has 2 aromatic rings. The first-order chi connectivity index (χ1) is 46.9. The molecule has 29 heteroatoms. The molecule has 554 valence electrons. The van der Waals surface area contributed by atoms with Gasteiger partial charge in [-0.25, -0.2) is 0 Å². The lowest BCUT2D eigenvalue weighted by Gasteiger charge is -2.54. The van der Waals surface area contributed by atoms with Crippen molar-refractivity contribution in [3.8, 4) is 17.2 Å². The summed E-state index contributed by atoms with van der Waals surface area (Å²) in [5, 5.41) is 100. The van der Waals surface area contributed by atoms with Crippen LogP contribution in [0.1, 0.15) is 149 Å². The summed E-state index contributed by atoms with van der Waals surface area (Å²) in [6, 6.07) is 4.29. The molecule has 5 heterocycles. The van der Waals surface area contributed by atoms with E-state index in [9.17, 15) is 55.2 Å². The zero-order chi connectivity index (χ0) is 71.4. The van der Waals surface area contributed by atoms with Gasteiger partial charge in [-0.15, -0.1) is 0 Å². The van der Waals surface area contributed by atoms with Gasteiger partial charge in [-0.2, -0.15) is 0 Å². The van der Waals surface area contributed by atoms with Crippen LogP contribution in [0.15, 0.2) is 23.4 Å². The minimum atomic E-state index is -1.82. The summed E-state index contributed by atoms with van der Waals surface area (Å²) >= 11 is 0. The number of phenols is 2. The first kappa shape index (κ1) is 75.1. The average Bonchev–Trinajstić information content (AvgIpc) is 0.721. The van der Waals surface area contributed by atoms with E-state index in [4.69, 9.17) is 71.2 Å². The largest absolute Gasteiger partial charge is 0.507 e. The lowest BCUT2D eigenvalue weighted by atomic mass is 9.54. The van der Waals surface area contributed by atoms with E-state index in [-0.39, 0.29) is 77.9 Å². The zero-order valence-corrected chi connectivity index (χ0v) is 58.3. The van der Waals surface area contributed by atoms with Crippen LogP contribution >= 0.6 is 0 Å². The van der Waals surface area contributed by atoms with Gasteiger partial charge in [0.1, 0.15) is 71.3 Å². The van der Waals surface area contributed by atoms with E-state index in [2.05, 4.69) is 10.5 Å². The van der Waals surface area contributed by atoms with Gasteiger partial charge in [-0.05, 0) is 134 Å². The highest BCUT2D eigenvalue weighted by Crippen LogP contribution is 2.54. The number of aromatic hydroxyl groups is 2. The molecule has 9 fully saturated rings. The Morgan fingerprint density at radius 1 is 0.697 bits per heavy atom. The Kier molecular flexibility index (Phi) is 23.6. The Hall–Kier alpha value is -5.03. The number of nitrogens with one attached hydrogen (secondary N) is 1. The standard InChI is InChI=1S/C70H102N2O27/c1-28(2)69(83)99-68-34(8)92-54(26-70(68,10)84)96-47-23-52(88-30(4)61(47)80)95-46-24-53(89-31(5)60(46)79)98-67-43(66(86-12)58(59(78)29(3)73)72-87-27-49(77)71-57-40-14-36-13-37(16-40)17-41(57)15-36)20-39-18-38-19-42(21-44(75)55(38)62(81)56(39)63(67)82)94-51-25-48(65(33(7)91-51)93-35(9)74)97-50-22-45(76)64(85-11)32(6)90-50/h18-19,21,28-34,36-37,40-41,43,45-48,50-54,57,59-61,64-68,73,75-76,78-81,84H,13-17,20,22-27H2,1-12H3,(H,71,77)/b72-58+/t29-,30-,31-,32-,33-,34+,36?,37?,40?,41?,43+,45-,46-,47-,48-,50-,51+,52+,53+,54+,57?,59+,60-,61-,64+,65+,66+,67+,68+,70+/m1/s1. The number of aliphatic hydroxyl groups excluding tert-OH is 5. The predicted molar refractivity (Wildman–Crippen MR) is 344 cm³/mol. The van der Waals surface area contributed by atoms with Gasteiger partial charge >= 0.3 is 11.9 Å². The number of ketones is 1. The lowest BCUT2D eigenvalue weighted by Crippen LogP contribution is -2.59. The van der Waals surface area contributed by atoms with Gasteiger partial charge in [0, 0.05) is 71.3 Å². The first-order valence-corrected chi connectivity index (χ1v) is 35.0. The van der Waals surface area contributed by atoms with Crippen molar-refractivity contribution >= 4 is 40.1 Å². The van der Waals surface area contributed by atoms with Crippen LogP contribution in [-0.2, 0) is 87.2 Å². The maximum absolute atomic E-state index is 15.7. The molecule has 25 atom stereocenters. The molecular weight excluding hydrogens is 1300 g/mol. The third-order valence-corrected chi connectivity index (χ3v) is 21.6. The molecule has 5 saturated heterocycles. The number of carbonyl (C=O) groups excluding carboxylic acids is 4. The van der Waals surface area contributed by atoms with Crippen LogP contribution in [0.5, 0.6) is 17.2 Å². The summed E-state index contributed by atoms with van der Waals surface area (Å²) in [5.41, 5.74) is -1.94. The number of methoxy groups -OCH3 is 2. The number of Topliss-reactive ketones (excluding diaryl/α,β-unsaturated/α-hetero) is 1. The number of esters is 2. The van der Waals surface area contributed by atoms with E-state index < -0.39 is 200 Å². The SMILES string of the molecule is CO[C@@H]1[C@H](O)C[C@@H](O[C@@H]2C[C@H](Oc3cc(O)c4c(O)c5c(cc4c3)C[C@@H]([C@H](OC)/C(=N/OCC(=O)NC3C4CC6CC(C4)CC3C6)[C@@H](O)[C@@H](C)O)[C@H](O[C@H]3C[C@@H](O[C@H]4C[C@@H](O[C@H]6C[C@](C)(O)[C@@H](OC(=O)C(C)C)[C@H](C)O6)[C@H](O)[C@@H](C)O4)[C@H](O)[C@@H](C)O3)C5=O)O[C@H](C)[C@@H]2OC(C)=O)O[C@@H]1C. The maximum Gasteiger partial charge on any atom is 0.308 e. The molecule has 0 radical (unpaired) electrons. The molecule has 0 spiro atoms. The Morgan fingerprint density at radius 2 is 1.26 bits per heavy atom. The minimum absolute atomic E-state index is 0.0149. The lowest BCUT2D eigenvalue weighted by molar-refractivity contribution is -0.334. The number of fused-ring (bicyclic) bond motifs is 2. The number of hydrogen-bond donors (Lipinski definition) is 9. The van der Waals surface area contributed by atoms with E-state index in [1.54, 1.807) is 54.5 Å². The Morgan fingerprint density at radius 3 is 1.85 bits per heavy atom. The van der Waals surface area contributed by atoms with Gasteiger partial charge in [0.05, 0.1) is 71.8 Å². The van der Waals surface area contributed by atoms with Crippen molar-refractivity contribution < 1.29 is 131 Å². The Bertz CT molecular complexity index is 3160. The highest BCUT2D eigenvalue weighted by Gasteiger charge is 2.54. The second-order valence-electron chi connectivity index (χ2n) is 29.6. The van der Waals surface area contributed by atoms with Crippen molar-refractivity contribution in [2.75, 3.05) is 20.8 Å². The number of ether oxygens (including phenoxy) is 14. The fraction of sp³-hybridized carbons (Fsp3) is 0.786. The third kappa shape index (κ3) is 16.5. The van der Waals surface area contributed by atoms with Crippen LogP contribution < -0.4 is 10.1 Å². The van der Waals surface area contributed by atoms with E-state index in [0.29, 0.717) is 23.7 Å². The second-order valence-corrected chi connectivity index (χ2v) is 29.6. The fourth-order valence-corrected chi connectivity index (χ4v) is 17.0. The van der Waals surface area contributed by atoms with Gasteiger partial charge in [-0.1, -0.05) is 19.0 Å². The molecule has 0 unspecified atom stereocenters. The van der Waals surface area contributed by atoms with E-state index in [0.717, 1.165) is 25.7 Å². The van der Waals surface area contributed by atoms with Crippen molar-refractivity contribution in [3.05, 3.63) is 29.3 Å². The van der Waals surface area contributed by atoms with Gasteiger partial charge in [0.25, 0.3) is 5.91 Å². The third-order valence-electron chi connectivity index (χ3n) is 21.6. The van der Waals surface area contributed by atoms with Crippen LogP contribution in [0, 0.1) is 35.5 Å². The molecule has 99 heavy (non-hydrogen) atoms. The molecule has 5 aliphatic carbocycles. The summed E-state index contributed by atoms with van der Waals surface area (Å²) in [6.07, 6.45) is -20.4. The molecular formula is C70H102N2O27. The number of phenolic OH excluding ortho intramolecular Hbond substituents is 2. The van der Waals surface area contributed by atoms with Crippen LogP contribution in [-0.4, -0.2) is 244 Å². The number of nitrogens with zero attached hydrogens (tertiary/aromatic N) is 1. The number of hydrogen-bond acceptors (Lipinski definition) is 28. The van der Waals surface area contributed by atoms with E-state index >= 15 is 4.79 Å². The van der Waals surface area contributed by atoms with E-state index in [1.165, 1.54) is 53.5 Å². The van der Waals surface area contributed by atoms with Crippen molar-refractivity contribution in [1.29, 1.82) is 0 Å². The van der Waals surface area contributed by atoms with Crippen molar-refractivity contribution in [2.45, 2.75) is 293 Å². The van der Waals surface area contributed by atoms with Crippen LogP contribution in [0.3, 0.4) is 0 Å². The highest BCUT2D eigenvalue weighted by molar-refractivity contribution is 6.11. The number of oxime groups is 1. The molecule has 12 rings (SSSR count). The minimum Gasteiger partial charge on any atom is -0.507 e. The molecule has 2 aromatic carbocycles. The summed E-state index contributed by atoms with van der Waals surface area (Å²) in [5.74, 6) is -3.10. The quantitative estimate of drug-likeness (QED) is 0.0436. The molecule has 0 aromatic heterocycles. The monoisotopic (exact) mass is 1400 g/mol. The summed E-state index contributed by atoms with van der Waals surface area (Å²) < 4.78 is 86.1. The van der Waals surface area contributed by atoms with Gasteiger partial charge < -0.3 is 117 Å². The summed E-state index contributed by atoms with van der Waals surface area (Å²) in [4.78, 5) is 60.1. The zero-order valence-electron chi connectivity index (χ0n) is 58.3. The summed E-state index contributed by atoms with van der Waals surface area (Å²) in [7, 11) is 2.76. The summed E-state index contributed by atoms with van der Waals surface area (Å²) in [6.45, 7) is 15.1. The molecule has 1 amide bonds. The molecule has 29 nitrogen and oxygen atoms in total. The van der Waals surface area contributed by atoms with Crippen LogP contribution in [0.2, 0.25) is 0 Å². The molecule has 5 aliphatic heterocycles. The maximum atomic E-state index is 15.7. The number of aliphatic hydroxyl groups is 6. The predicted octanol–water partition coefficient (Wildman–Crippen LogP) is 3.62. The smallest absolute Gasteiger partial charge is 0.308 e. The molecule has 4 saturated carbocycles. The number of benzene rings is 2. The van der Waals surface area contributed by atoms with Gasteiger partial charge in [0.2, 0.25) is 6.29 Å². The van der Waals surface area contributed by atoms with Crippen molar-refractivity contribution in [2.24, 2.45) is 40.7 Å². The van der Waals surface area contributed by atoms with Gasteiger partial charge in [-0.3, -0.25) is 19.2 Å². The van der Waals surface area contributed by atoms with Crippen LogP contribution in [0.25, 0.3) is 10.8 Å². The van der Waals surface area contributed by atoms with Crippen molar-refractivity contribution in [3.63, 3.8) is 0 Å². The van der Waals surface area contributed by atoms with Crippen molar-refractivity contribution in [1.82, 2.24) is 5.32 Å². The second kappa shape index (κ2) is 31.1.